The number of hydrogen-bond acceptors (Lipinski definition) is 4. The van der Waals surface area contributed by atoms with Crippen molar-refractivity contribution < 1.29 is 23.8 Å². The van der Waals surface area contributed by atoms with E-state index in [1.807, 2.05) is 30.3 Å². The van der Waals surface area contributed by atoms with Crippen LogP contribution in [0.5, 0.6) is 0 Å². The van der Waals surface area contributed by atoms with Crippen LogP contribution < -0.4 is 16.0 Å². The minimum atomic E-state index is -0.728. The standard InChI is InChI=1S/C22H24FN3O4/c23-17-8-4-5-9-18(17)25-22(29)26-19-11-10-16(30-20(19)14-27)12-21(28)24-13-15-6-2-1-3-7-15/h1-11,16,19-20,27H,12-14H2,(H,24,28)(H2,25,26,29)/t16-,19+,20-/m0/s1. The van der Waals surface area contributed by atoms with Crippen molar-refractivity contribution in [2.45, 2.75) is 31.2 Å². The van der Waals surface area contributed by atoms with Crippen LogP contribution in [0.4, 0.5) is 14.9 Å². The van der Waals surface area contributed by atoms with E-state index in [9.17, 15) is 19.1 Å². The monoisotopic (exact) mass is 413 g/mol. The molecule has 0 aliphatic carbocycles. The van der Waals surface area contributed by atoms with Crippen LogP contribution in [0.3, 0.4) is 0 Å². The van der Waals surface area contributed by atoms with Gasteiger partial charge in [0.1, 0.15) is 11.9 Å². The fraction of sp³-hybridized carbons (Fsp3) is 0.273. The average Bonchev–Trinajstić information content (AvgIpc) is 2.75. The summed E-state index contributed by atoms with van der Waals surface area (Å²) in [4.78, 5) is 24.3. The van der Waals surface area contributed by atoms with Crippen LogP contribution in [-0.4, -0.2) is 41.9 Å². The van der Waals surface area contributed by atoms with Gasteiger partial charge in [0.25, 0.3) is 0 Å². The molecule has 0 saturated carbocycles. The number of hydrogen-bond donors (Lipinski definition) is 4. The largest absolute Gasteiger partial charge is 0.394 e. The number of urea groups is 1. The van der Waals surface area contributed by atoms with Crippen molar-refractivity contribution in [3.05, 3.63) is 78.1 Å². The molecule has 30 heavy (non-hydrogen) atoms. The molecule has 0 aromatic heterocycles. The molecule has 4 N–H and O–H groups in total. The number of rotatable bonds is 7. The minimum Gasteiger partial charge on any atom is -0.394 e. The van der Waals surface area contributed by atoms with Gasteiger partial charge in [-0.05, 0) is 17.7 Å². The number of nitrogens with one attached hydrogen (secondary N) is 3. The Bertz CT molecular complexity index is 891. The van der Waals surface area contributed by atoms with Crippen LogP contribution >= 0.6 is 0 Å². The number of amides is 3. The van der Waals surface area contributed by atoms with E-state index >= 15 is 0 Å². The number of ether oxygens (including phenoxy) is 1. The zero-order chi connectivity index (χ0) is 21.3. The van der Waals surface area contributed by atoms with Crippen molar-refractivity contribution >= 4 is 17.6 Å². The first-order chi connectivity index (χ1) is 14.5. The van der Waals surface area contributed by atoms with Crippen molar-refractivity contribution in [2.75, 3.05) is 11.9 Å². The summed E-state index contributed by atoms with van der Waals surface area (Å²) >= 11 is 0. The summed E-state index contributed by atoms with van der Waals surface area (Å²) in [6.45, 7) is 0.0665. The lowest BCUT2D eigenvalue weighted by atomic mass is 10.0. The highest BCUT2D eigenvalue weighted by Gasteiger charge is 2.29. The maximum atomic E-state index is 13.7. The van der Waals surface area contributed by atoms with E-state index in [0.717, 1.165) is 5.56 Å². The summed E-state index contributed by atoms with van der Waals surface area (Å²) in [5.74, 6) is -0.739. The van der Waals surface area contributed by atoms with Crippen LogP contribution in [0.25, 0.3) is 0 Å². The second-order valence-corrected chi connectivity index (χ2v) is 6.85. The Morgan fingerprint density at radius 3 is 2.50 bits per heavy atom. The van der Waals surface area contributed by atoms with Gasteiger partial charge in [-0.25, -0.2) is 9.18 Å². The average molecular weight is 413 g/mol. The predicted molar refractivity (Wildman–Crippen MR) is 110 cm³/mol. The normalized spacial score (nSPS) is 20.4. The molecule has 2 aromatic carbocycles. The second kappa shape index (κ2) is 10.5. The first-order valence-corrected chi connectivity index (χ1v) is 9.62. The molecule has 0 spiro atoms. The molecule has 7 nitrogen and oxygen atoms in total. The Hall–Kier alpha value is -3.23. The van der Waals surface area contributed by atoms with Gasteiger partial charge < -0.3 is 25.8 Å². The van der Waals surface area contributed by atoms with E-state index in [1.165, 1.54) is 18.2 Å². The number of benzene rings is 2. The van der Waals surface area contributed by atoms with E-state index in [-0.39, 0.29) is 24.6 Å². The molecular formula is C22H24FN3O4. The van der Waals surface area contributed by atoms with E-state index in [4.69, 9.17) is 4.74 Å². The maximum Gasteiger partial charge on any atom is 0.319 e. The van der Waals surface area contributed by atoms with Crippen LogP contribution in [-0.2, 0) is 16.1 Å². The number of carbonyl (C=O) groups excluding carboxylic acids is 2. The molecular weight excluding hydrogens is 389 g/mol. The number of halogens is 1. The Balaban J connectivity index is 1.50. The number of anilines is 1. The van der Waals surface area contributed by atoms with Crippen LogP contribution in [0.1, 0.15) is 12.0 Å². The molecule has 0 bridgehead atoms. The Labute approximate surface area is 173 Å². The zero-order valence-corrected chi connectivity index (χ0v) is 16.3. The molecule has 3 amide bonds. The summed E-state index contributed by atoms with van der Waals surface area (Å²) in [5, 5.41) is 17.5. The molecule has 8 heteroatoms. The van der Waals surface area contributed by atoms with Gasteiger partial charge >= 0.3 is 6.03 Å². The fourth-order valence-electron chi connectivity index (χ4n) is 3.06. The molecule has 0 fully saturated rings. The molecule has 0 saturated heterocycles. The number of carbonyl (C=O) groups is 2. The van der Waals surface area contributed by atoms with Gasteiger partial charge in [-0.1, -0.05) is 54.6 Å². The van der Waals surface area contributed by atoms with Gasteiger partial charge in [0.15, 0.2) is 0 Å². The summed E-state index contributed by atoms with van der Waals surface area (Å²) in [6.07, 6.45) is 2.18. The predicted octanol–water partition coefficient (Wildman–Crippen LogP) is 2.34. The third-order valence-corrected chi connectivity index (χ3v) is 4.60. The van der Waals surface area contributed by atoms with Gasteiger partial charge in [-0.2, -0.15) is 0 Å². The Kier molecular flexibility index (Phi) is 7.53. The topological polar surface area (TPSA) is 99.7 Å². The lowest BCUT2D eigenvalue weighted by molar-refractivity contribution is -0.125. The molecule has 1 heterocycles. The molecule has 1 aliphatic rings. The third kappa shape index (κ3) is 6.13. The summed E-state index contributed by atoms with van der Waals surface area (Å²) in [6, 6.07) is 14.1. The van der Waals surface area contributed by atoms with Gasteiger partial charge in [-0.3, -0.25) is 4.79 Å². The van der Waals surface area contributed by atoms with Crippen molar-refractivity contribution in [3.63, 3.8) is 0 Å². The summed E-state index contributed by atoms with van der Waals surface area (Å²) in [5.41, 5.74) is 1.04. The van der Waals surface area contributed by atoms with Gasteiger partial charge in [0.05, 0.1) is 30.9 Å². The molecule has 2 aromatic rings. The summed E-state index contributed by atoms with van der Waals surface area (Å²) < 4.78 is 19.4. The second-order valence-electron chi connectivity index (χ2n) is 6.85. The van der Waals surface area contributed by atoms with Crippen LogP contribution in [0.15, 0.2) is 66.7 Å². The minimum absolute atomic E-state index is 0.0456. The van der Waals surface area contributed by atoms with E-state index in [1.54, 1.807) is 18.2 Å². The van der Waals surface area contributed by atoms with Crippen molar-refractivity contribution in [1.29, 1.82) is 0 Å². The zero-order valence-electron chi connectivity index (χ0n) is 16.3. The van der Waals surface area contributed by atoms with Gasteiger partial charge in [0, 0.05) is 6.54 Å². The molecule has 0 unspecified atom stereocenters. The van der Waals surface area contributed by atoms with Crippen LogP contribution in [0, 0.1) is 5.82 Å². The molecule has 1 aliphatic heterocycles. The molecule has 158 valence electrons. The van der Waals surface area contributed by atoms with E-state index in [2.05, 4.69) is 16.0 Å². The first-order valence-electron chi connectivity index (χ1n) is 9.62. The van der Waals surface area contributed by atoms with Crippen molar-refractivity contribution in [2.24, 2.45) is 0 Å². The first kappa shape index (κ1) is 21.5. The van der Waals surface area contributed by atoms with Gasteiger partial charge in [-0.15, -0.1) is 0 Å². The van der Waals surface area contributed by atoms with Crippen LogP contribution in [0.2, 0.25) is 0 Å². The number of aliphatic hydroxyl groups is 1. The number of para-hydroxylation sites is 1. The lowest BCUT2D eigenvalue weighted by Crippen LogP contribution is -2.50. The highest BCUT2D eigenvalue weighted by molar-refractivity contribution is 5.89. The quantitative estimate of drug-likeness (QED) is 0.524. The lowest BCUT2D eigenvalue weighted by Gasteiger charge is -2.31. The molecule has 0 radical (unpaired) electrons. The fourth-order valence-corrected chi connectivity index (χ4v) is 3.06. The molecule has 3 rings (SSSR count). The Morgan fingerprint density at radius 2 is 1.77 bits per heavy atom. The smallest absolute Gasteiger partial charge is 0.319 e. The molecule has 3 atom stereocenters. The van der Waals surface area contributed by atoms with Gasteiger partial charge in [0.2, 0.25) is 5.91 Å². The third-order valence-electron chi connectivity index (χ3n) is 4.60. The van der Waals surface area contributed by atoms with E-state index in [0.29, 0.717) is 6.54 Å². The highest BCUT2D eigenvalue weighted by Crippen LogP contribution is 2.17. The van der Waals surface area contributed by atoms with Crippen molar-refractivity contribution in [1.82, 2.24) is 10.6 Å². The highest BCUT2D eigenvalue weighted by atomic mass is 19.1. The maximum absolute atomic E-state index is 13.7. The van der Waals surface area contributed by atoms with E-state index < -0.39 is 30.1 Å². The SMILES string of the molecule is O=C(C[C@@H]1C=C[C@@H](NC(=O)Nc2ccccc2F)[C@H](CO)O1)NCc1ccccc1. The Morgan fingerprint density at radius 1 is 1.03 bits per heavy atom. The van der Waals surface area contributed by atoms with Crippen molar-refractivity contribution in [3.8, 4) is 0 Å². The summed E-state index contributed by atoms with van der Waals surface area (Å²) in [7, 11) is 0. The number of aliphatic hydroxyl groups excluding tert-OH is 1.